The molecule has 0 spiro atoms. The zero-order valence-corrected chi connectivity index (χ0v) is 22.3. The highest BCUT2D eigenvalue weighted by atomic mass is 79.9. The summed E-state index contributed by atoms with van der Waals surface area (Å²) in [5, 5.41) is 3.37. The minimum atomic E-state index is -1.11. The van der Waals surface area contributed by atoms with Crippen molar-refractivity contribution in [1.29, 1.82) is 0 Å². The number of ketones is 1. The standard InChI is InChI=1S/C29H20BrCl2NO4/c30-25(18-7-3-1-4-8-18)27(26(34)19-9-5-2-6-10-19)37-29(36)20-11-14-22(15-12-20)33-28(35)23-16-13-21(31)17-24(23)32/h1-17,25,27H,(H,33,35)/t25-,27-/m1/s1. The van der Waals surface area contributed by atoms with Crippen molar-refractivity contribution in [2.24, 2.45) is 0 Å². The Morgan fingerprint density at radius 1 is 0.757 bits per heavy atom. The van der Waals surface area contributed by atoms with Gasteiger partial charge >= 0.3 is 5.97 Å². The molecule has 4 aromatic carbocycles. The molecule has 0 unspecified atom stereocenters. The van der Waals surface area contributed by atoms with Crippen LogP contribution in [-0.2, 0) is 4.74 Å². The van der Waals surface area contributed by atoms with Crippen LogP contribution in [0.5, 0.6) is 0 Å². The van der Waals surface area contributed by atoms with E-state index in [9.17, 15) is 14.4 Å². The van der Waals surface area contributed by atoms with Crippen molar-refractivity contribution in [3.8, 4) is 0 Å². The van der Waals surface area contributed by atoms with E-state index in [4.69, 9.17) is 27.9 Å². The van der Waals surface area contributed by atoms with Gasteiger partial charge in [0.25, 0.3) is 5.91 Å². The average Bonchev–Trinajstić information content (AvgIpc) is 2.92. The number of nitrogens with one attached hydrogen (secondary N) is 1. The molecule has 0 aliphatic rings. The zero-order valence-electron chi connectivity index (χ0n) is 19.2. The molecule has 1 amide bonds. The van der Waals surface area contributed by atoms with Crippen LogP contribution in [0.25, 0.3) is 0 Å². The molecule has 8 heteroatoms. The average molecular weight is 597 g/mol. The number of amides is 1. The number of carbonyl (C=O) groups is 3. The van der Waals surface area contributed by atoms with Gasteiger partial charge in [-0.05, 0) is 48.0 Å². The van der Waals surface area contributed by atoms with E-state index in [1.165, 1.54) is 24.3 Å². The van der Waals surface area contributed by atoms with Crippen LogP contribution >= 0.6 is 39.1 Å². The quantitative estimate of drug-likeness (QED) is 0.128. The fourth-order valence-electron chi connectivity index (χ4n) is 3.57. The van der Waals surface area contributed by atoms with Crippen LogP contribution in [0.3, 0.4) is 0 Å². The number of halogens is 3. The van der Waals surface area contributed by atoms with Gasteiger partial charge in [0.15, 0.2) is 6.10 Å². The maximum atomic E-state index is 13.3. The molecule has 1 N–H and O–H groups in total. The van der Waals surface area contributed by atoms with Gasteiger partial charge in [-0.15, -0.1) is 0 Å². The predicted molar refractivity (Wildman–Crippen MR) is 149 cm³/mol. The number of ether oxygens (including phenoxy) is 1. The fraction of sp³-hybridized carbons (Fsp3) is 0.0690. The van der Waals surface area contributed by atoms with Crippen molar-refractivity contribution in [2.75, 3.05) is 5.32 Å². The minimum absolute atomic E-state index is 0.223. The van der Waals surface area contributed by atoms with Crippen LogP contribution in [0, 0.1) is 0 Å². The number of rotatable bonds is 8. The first-order chi connectivity index (χ1) is 17.8. The molecule has 5 nitrogen and oxygen atoms in total. The van der Waals surface area contributed by atoms with Crippen molar-refractivity contribution in [3.05, 3.63) is 135 Å². The second-order valence-electron chi connectivity index (χ2n) is 8.02. The highest BCUT2D eigenvalue weighted by molar-refractivity contribution is 9.09. The van der Waals surface area contributed by atoms with E-state index in [0.717, 1.165) is 5.56 Å². The number of benzene rings is 4. The summed E-state index contributed by atoms with van der Waals surface area (Å²) in [4.78, 5) is 38.4. The first kappa shape index (κ1) is 26.6. The maximum absolute atomic E-state index is 13.3. The predicted octanol–water partition coefficient (Wildman–Crippen LogP) is 7.79. The fourth-order valence-corrected chi connectivity index (χ4v) is 4.72. The Balaban J connectivity index is 1.51. The van der Waals surface area contributed by atoms with Crippen molar-refractivity contribution < 1.29 is 19.1 Å². The number of esters is 1. The molecule has 0 aliphatic carbocycles. The van der Waals surface area contributed by atoms with Crippen molar-refractivity contribution in [1.82, 2.24) is 0 Å². The van der Waals surface area contributed by atoms with Crippen LogP contribution in [-0.4, -0.2) is 23.8 Å². The van der Waals surface area contributed by atoms with Crippen LogP contribution in [0.2, 0.25) is 10.0 Å². The van der Waals surface area contributed by atoms with Gasteiger partial charge in [0.1, 0.15) is 0 Å². The van der Waals surface area contributed by atoms with Gasteiger partial charge < -0.3 is 10.1 Å². The molecule has 4 aromatic rings. The molecule has 37 heavy (non-hydrogen) atoms. The SMILES string of the molecule is O=C(O[C@@H](C(=O)c1ccccc1)[C@H](Br)c1ccccc1)c1ccc(NC(=O)c2ccc(Cl)cc2Cl)cc1. The smallest absolute Gasteiger partial charge is 0.338 e. The Bertz CT molecular complexity index is 1410. The van der Waals surface area contributed by atoms with Gasteiger partial charge in [0.2, 0.25) is 5.78 Å². The number of anilines is 1. The summed E-state index contributed by atoms with van der Waals surface area (Å²) in [6, 6.07) is 28.7. The van der Waals surface area contributed by atoms with Gasteiger partial charge in [-0.2, -0.15) is 0 Å². The van der Waals surface area contributed by atoms with Gasteiger partial charge in [-0.1, -0.05) is 99.8 Å². The first-order valence-corrected chi connectivity index (χ1v) is 12.9. The summed E-state index contributed by atoms with van der Waals surface area (Å²) in [5.41, 5.74) is 2.16. The third kappa shape index (κ3) is 6.66. The van der Waals surface area contributed by atoms with E-state index < -0.39 is 22.8 Å². The molecule has 2 atom stereocenters. The minimum Gasteiger partial charge on any atom is -0.449 e. The number of carbonyl (C=O) groups excluding carboxylic acids is 3. The molecule has 4 rings (SSSR count). The van der Waals surface area contributed by atoms with Gasteiger partial charge in [0.05, 0.1) is 21.0 Å². The third-order valence-electron chi connectivity index (χ3n) is 5.49. The number of hydrogen-bond acceptors (Lipinski definition) is 4. The molecule has 0 heterocycles. The molecule has 0 saturated carbocycles. The van der Waals surface area contributed by atoms with Gasteiger partial charge in [0, 0.05) is 16.3 Å². The Morgan fingerprint density at radius 3 is 2.00 bits per heavy atom. The second-order valence-corrected chi connectivity index (χ2v) is 9.85. The van der Waals surface area contributed by atoms with E-state index in [2.05, 4.69) is 21.2 Å². The topological polar surface area (TPSA) is 72.5 Å². The van der Waals surface area contributed by atoms with E-state index in [1.807, 2.05) is 36.4 Å². The monoisotopic (exact) mass is 595 g/mol. The molecule has 0 fully saturated rings. The third-order valence-corrected chi connectivity index (χ3v) is 7.05. The largest absolute Gasteiger partial charge is 0.449 e. The van der Waals surface area contributed by atoms with Crippen LogP contribution in [0.1, 0.15) is 41.5 Å². The Hall–Kier alpha value is -3.45. The molecule has 0 radical (unpaired) electrons. The van der Waals surface area contributed by atoms with E-state index in [1.54, 1.807) is 42.5 Å². The summed E-state index contributed by atoms with van der Waals surface area (Å²) in [6.45, 7) is 0. The molecule has 186 valence electrons. The molecular weight excluding hydrogens is 577 g/mol. The maximum Gasteiger partial charge on any atom is 0.338 e. The Kier molecular flexibility index (Phi) is 8.77. The zero-order chi connectivity index (χ0) is 26.4. The summed E-state index contributed by atoms with van der Waals surface area (Å²) < 4.78 is 5.73. The lowest BCUT2D eigenvalue weighted by molar-refractivity contribution is 0.0282. The van der Waals surface area contributed by atoms with Crippen LogP contribution in [0.4, 0.5) is 5.69 Å². The van der Waals surface area contributed by atoms with Gasteiger partial charge in [-0.25, -0.2) is 4.79 Å². The molecule has 0 bridgehead atoms. The molecule has 0 aliphatic heterocycles. The number of hydrogen-bond donors (Lipinski definition) is 1. The molecular formula is C29H20BrCl2NO4. The van der Waals surface area contributed by atoms with Crippen molar-refractivity contribution in [3.63, 3.8) is 0 Å². The normalized spacial score (nSPS) is 12.3. The first-order valence-electron chi connectivity index (χ1n) is 11.2. The number of alkyl halides is 1. The lowest BCUT2D eigenvalue weighted by Gasteiger charge is -2.22. The molecule has 0 aromatic heterocycles. The summed E-state index contributed by atoms with van der Waals surface area (Å²) in [6.07, 6.45) is -1.11. The van der Waals surface area contributed by atoms with Crippen LogP contribution in [0.15, 0.2) is 103 Å². The van der Waals surface area contributed by atoms with Crippen molar-refractivity contribution in [2.45, 2.75) is 10.9 Å². The van der Waals surface area contributed by atoms with Gasteiger partial charge in [-0.3, -0.25) is 9.59 Å². The van der Waals surface area contributed by atoms with E-state index in [-0.39, 0.29) is 21.9 Å². The molecule has 0 saturated heterocycles. The highest BCUT2D eigenvalue weighted by Crippen LogP contribution is 2.31. The summed E-state index contributed by atoms with van der Waals surface area (Å²) in [7, 11) is 0. The van der Waals surface area contributed by atoms with E-state index in [0.29, 0.717) is 16.3 Å². The second kappa shape index (κ2) is 12.2. The summed E-state index contributed by atoms with van der Waals surface area (Å²) >= 11 is 15.6. The summed E-state index contributed by atoms with van der Waals surface area (Å²) in [5.74, 6) is -1.42. The lowest BCUT2D eigenvalue weighted by Crippen LogP contribution is -2.31. The lowest BCUT2D eigenvalue weighted by atomic mass is 9.99. The Morgan fingerprint density at radius 2 is 1.38 bits per heavy atom. The van der Waals surface area contributed by atoms with Crippen LogP contribution < -0.4 is 5.32 Å². The number of Topliss-reactive ketones (excluding diaryl/α,β-unsaturated/α-hetero) is 1. The van der Waals surface area contributed by atoms with E-state index >= 15 is 0 Å². The Labute approximate surface area is 232 Å². The van der Waals surface area contributed by atoms with Crippen molar-refractivity contribution >= 4 is 62.5 Å². The highest BCUT2D eigenvalue weighted by Gasteiger charge is 2.32.